The summed E-state index contributed by atoms with van der Waals surface area (Å²) in [6, 6.07) is 2.16. The van der Waals surface area contributed by atoms with Gasteiger partial charge in [0.2, 0.25) is 0 Å². The molecule has 1 aromatic heterocycles. The molecule has 0 aromatic carbocycles. The van der Waals surface area contributed by atoms with E-state index in [9.17, 15) is 0 Å². The topological polar surface area (TPSA) is 38.0 Å². The molecule has 1 saturated carbocycles. The van der Waals surface area contributed by atoms with Crippen molar-refractivity contribution in [1.82, 2.24) is 5.32 Å². The zero-order chi connectivity index (χ0) is 9.31. The summed E-state index contributed by atoms with van der Waals surface area (Å²) in [6.07, 6.45) is 2.37. The number of nitrogens with two attached hydrogens (primary N) is 1. The summed E-state index contributed by atoms with van der Waals surface area (Å²) >= 11 is 1.82. The third-order valence-electron chi connectivity index (χ3n) is 2.62. The molecule has 0 radical (unpaired) electrons. The maximum atomic E-state index is 5.96. The van der Waals surface area contributed by atoms with Crippen LogP contribution < -0.4 is 11.1 Å². The van der Waals surface area contributed by atoms with Gasteiger partial charge in [0.1, 0.15) is 0 Å². The third kappa shape index (κ3) is 2.30. The van der Waals surface area contributed by atoms with Gasteiger partial charge in [0.05, 0.1) is 0 Å². The Balaban J connectivity index is 1.77. The number of hydrogen-bond acceptors (Lipinski definition) is 3. The van der Waals surface area contributed by atoms with Gasteiger partial charge in [0.15, 0.2) is 0 Å². The Morgan fingerprint density at radius 3 is 2.92 bits per heavy atom. The fraction of sp³-hybridized carbons (Fsp3) is 0.600. The summed E-state index contributed by atoms with van der Waals surface area (Å²) in [7, 11) is 0. The van der Waals surface area contributed by atoms with Crippen LogP contribution in [0.15, 0.2) is 11.4 Å². The Kier molecular flexibility index (Phi) is 2.41. The fourth-order valence-corrected chi connectivity index (χ4v) is 2.22. The summed E-state index contributed by atoms with van der Waals surface area (Å²) in [4.78, 5) is 1.43. The molecule has 1 aliphatic carbocycles. The summed E-state index contributed by atoms with van der Waals surface area (Å²) in [5.74, 6) is 0. The van der Waals surface area contributed by atoms with Crippen LogP contribution in [-0.2, 0) is 6.54 Å². The second kappa shape index (κ2) is 3.40. The van der Waals surface area contributed by atoms with Gasteiger partial charge in [-0.1, -0.05) is 0 Å². The number of nitrogens with one attached hydrogen (secondary N) is 1. The van der Waals surface area contributed by atoms with Gasteiger partial charge in [-0.3, -0.25) is 0 Å². The van der Waals surface area contributed by atoms with Crippen LogP contribution in [-0.4, -0.2) is 12.1 Å². The van der Waals surface area contributed by atoms with Crippen molar-refractivity contribution in [3.63, 3.8) is 0 Å². The summed E-state index contributed by atoms with van der Waals surface area (Å²) in [5, 5.41) is 5.56. The first kappa shape index (κ1) is 9.19. The molecular weight excluding hydrogens is 180 g/mol. The van der Waals surface area contributed by atoms with Crippen molar-refractivity contribution in [2.45, 2.75) is 31.8 Å². The zero-order valence-corrected chi connectivity index (χ0v) is 8.79. The van der Waals surface area contributed by atoms with E-state index >= 15 is 0 Å². The Morgan fingerprint density at radius 2 is 2.38 bits per heavy atom. The van der Waals surface area contributed by atoms with Crippen molar-refractivity contribution < 1.29 is 0 Å². The van der Waals surface area contributed by atoms with Crippen LogP contribution in [0.2, 0.25) is 0 Å². The van der Waals surface area contributed by atoms with Crippen molar-refractivity contribution >= 4 is 11.3 Å². The highest BCUT2D eigenvalue weighted by Gasteiger charge is 2.37. The van der Waals surface area contributed by atoms with E-state index < -0.39 is 0 Å². The minimum atomic E-state index is 0.130. The Hall–Kier alpha value is -0.380. The highest BCUT2D eigenvalue weighted by Crippen LogP contribution is 2.31. The SMILES string of the molecule is Cc1ccsc1CNCC1(N)CC1. The van der Waals surface area contributed by atoms with Gasteiger partial charge < -0.3 is 11.1 Å². The maximum Gasteiger partial charge on any atom is 0.0303 e. The molecule has 0 spiro atoms. The van der Waals surface area contributed by atoms with E-state index in [-0.39, 0.29) is 5.54 Å². The minimum Gasteiger partial charge on any atom is -0.324 e. The van der Waals surface area contributed by atoms with E-state index in [0.29, 0.717) is 0 Å². The Labute approximate surface area is 83.1 Å². The first-order valence-corrected chi connectivity index (χ1v) is 5.60. The van der Waals surface area contributed by atoms with Gasteiger partial charge in [0, 0.05) is 23.5 Å². The highest BCUT2D eigenvalue weighted by atomic mass is 32.1. The van der Waals surface area contributed by atoms with E-state index in [1.807, 2.05) is 11.3 Å². The van der Waals surface area contributed by atoms with Crippen molar-refractivity contribution in [3.8, 4) is 0 Å². The smallest absolute Gasteiger partial charge is 0.0303 e. The van der Waals surface area contributed by atoms with Crippen LogP contribution in [0.5, 0.6) is 0 Å². The molecule has 0 bridgehead atoms. The van der Waals surface area contributed by atoms with Crippen LogP contribution >= 0.6 is 11.3 Å². The molecule has 0 aliphatic heterocycles. The molecule has 1 heterocycles. The monoisotopic (exact) mass is 196 g/mol. The molecule has 72 valence electrons. The normalized spacial score (nSPS) is 18.9. The van der Waals surface area contributed by atoms with Gasteiger partial charge in [-0.2, -0.15) is 0 Å². The fourth-order valence-electron chi connectivity index (χ4n) is 1.35. The molecule has 3 N–H and O–H groups in total. The van der Waals surface area contributed by atoms with E-state index in [1.165, 1.54) is 23.3 Å². The van der Waals surface area contributed by atoms with Crippen molar-refractivity contribution in [2.24, 2.45) is 5.73 Å². The number of rotatable bonds is 4. The summed E-state index contributed by atoms with van der Waals surface area (Å²) in [5.41, 5.74) is 7.48. The van der Waals surface area contributed by atoms with E-state index in [4.69, 9.17) is 5.73 Å². The summed E-state index contributed by atoms with van der Waals surface area (Å²) in [6.45, 7) is 4.09. The Bertz CT molecular complexity index is 289. The van der Waals surface area contributed by atoms with Gasteiger partial charge in [-0.25, -0.2) is 0 Å². The lowest BCUT2D eigenvalue weighted by Gasteiger charge is -2.09. The lowest BCUT2D eigenvalue weighted by atomic mass is 10.2. The zero-order valence-electron chi connectivity index (χ0n) is 7.97. The number of hydrogen-bond donors (Lipinski definition) is 2. The molecule has 3 heteroatoms. The first-order valence-electron chi connectivity index (χ1n) is 4.72. The lowest BCUT2D eigenvalue weighted by Crippen LogP contribution is -2.35. The van der Waals surface area contributed by atoms with Crippen LogP contribution in [0, 0.1) is 6.92 Å². The second-order valence-corrected chi connectivity index (χ2v) is 4.99. The average Bonchev–Trinajstić information content (AvgIpc) is 2.68. The summed E-state index contributed by atoms with van der Waals surface area (Å²) < 4.78 is 0. The van der Waals surface area contributed by atoms with Crippen molar-refractivity contribution in [3.05, 3.63) is 21.9 Å². The number of aryl methyl sites for hydroxylation is 1. The molecule has 2 rings (SSSR count). The second-order valence-electron chi connectivity index (χ2n) is 3.99. The first-order chi connectivity index (χ1) is 6.20. The molecule has 1 aliphatic rings. The standard InChI is InChI=1S/C10H16N2S/c1-8-2-5-13-9(8)6-12-7-10(11)3-4-10/h2,5,12H,3-4,6-7,11H2,1H3. The van der Waals surface area contributed by atoms with Crippen LogP contribution in [0.3, 0.4) is 0 Å². The van der Waals surface area contributed by atoms with E-state index in [2.05, 4.69) is 23.7 Å². The van der Waals surface area contributed by atoms with Gasteiger partial charge in [-0.05, 0) is 36.8 Å². The van der Waals surface area contributed by atoms with Gasteiger partial charge >= 0.3 is 0 Å². The van der Waals surface area contributed by atoms with Crippen molar-refractivity contribution in [1.29, 1.82) is 0 Å². The van der Waals surface area contributed by atoms with Crippen molar-refractivity contribution in [2.75, 3.05) is 6.54 Å². The predicted octanol–water partition coefficient (Wildman–Crippen LogP) is 1.64. The van der Waals surface area contributed by atoms with E-state index in [0.717, 1.165) is 13.1 Å². The molecule has 0 atom stereocenters. The Morgan fingerprint density at radius 1 is 1.62 bits per heavy atom. The third-order valence-corrected chi connectivity index (χ3v) is 3.65. The van der Waals surface area contributed by atoms with Crippen LogP contribution in [0.25, 0.3) is 0 Å². The van der Waals surface area contributed by atoms with Gasteiger partial charge in [-0.15, -0.1) is 11.3 Å². The minimum absolute atomic E-state index is 0.130. The lowest BCUT2D eigenvalue weighted by molar-refractivity contribution is 0.571. The van der Waals surface area contributed by atoms with Crippen LogP contribution in [0.4, 0.5) is 0 Å². The molecular formula is C10H16N2S. The molecule has 0 amide bonds. The average molecular weight is 196 g/mol. The van der Waals surface area contributed by atoms with Crippen LogP contribution in [0.1, 0.15) is 23.3 Å². The highest BCUT2D eigenvalue weighted by molar-refractivity contribution is 7.10. The van der Waals surface area contributed by atoms with E-state index in [1.54, 1.807) is 0 Å². The molecule has 2 nitrogen and oxygen atoms in total. The molecule has 0 saturated heterocycles. The molecule has 1 fully saturated rings. The largest absolute Gasteiger partial charge is 0.324 e. The van der Waals surface area contributed by atoms with Gasteiger partial charge in [0.25, 0.3) is 0 Å². The molecule has 0 unspecified atom stereocenters. The maximum absolute atomic E-state index is 5.96. The number of thiophene rings is 1. The molecule has 13 heavy (non-hydrogen) atoms. The predicted molar refractivity (Wildman–Crippen MR) is 56.9 cm³/mol. The quantitative estimate of drug-likeness (QED) is 0.768. The molecule has 1 aromatic rings.